The molecule has 3 nitrogen and oxygen atoms in total. The normalized spacial score (nSPS) is 23.4. The summed E-state index contributed by atoms with van der Waals surface area (Å²) in [7, 11) is -0.361. The molecule has 0 amide bonds. The second kappa shape index (κ2) is 4.61. The van der Waals surface area contributed by atoms with Crippen LogP contribution in [-0.4, -0.2) is 30.6 Å². The SMILES string of the molecule is S=C1Nc2c(N3CCOCC3)cccc2S1=S. The number of morpholine rings is 1. The van der Waals surface area contributed by atoms with Crippen LogP contribution in [0.5, 0.6) is 0 Å². The molecule has 0 aliphatic carbocycles. The summed E-state index contributed by atoms with van der Waals surface area (Å²) in [6.45, 7) is 3.42. The Hall–Kier alpha value is -0.560. The zero-order chi connectivity index (χ0) is 11.8. The van der Waals surface area contributed by atoms with Crippen LogP contribution in [0.2, 0.25) is 0 Å². The Labute approximate surface area is 113 Å². The molecular weight excluding hydrogens is 272 g/mol. The van der Waals surface area contributed by atoms with E-state index in [9.17, 15) is 0 Å². The fourth-order valence-electron chi connectivity index (χ4n) is 2.12. The first kappa shape index (κ1) is 11.5. The van der Waals surface area contributed by atoms with Gasteiger partial charge in [-0.1, -0.05) is 18.3 Å². The van der Waals surface area contributed by atoms with Crippen molar-refractivity contribution < 1.29 is 4.74 Å². The van der Waals surface area contributed by atoms with Crippen molar-refractivity contribution in [2.75, 3.05) is 36.5 Å². The smallest absolute Gasteiger partial charge is 0.147 e. The Morgan fingerprint density at radius 1 is 1.29 bits per heavy atom. The lowest BCUT2D eigenvalue weighted by Gasteiger charge is -2.30. The second-order valence-corrected chi connectivity index (χ2v) is 6.98. The third-order valence-electron chi connectivity index (χ3n) is 2.95. The van der Waals surface area contributed by atoms with Gasteiger partial charge in [0.1, 0.15) is 4.32 Å². The predicted molar refractivity (Wildman–Crippen MR) is 78.7 cm³/mol. The minimum Gasteiger partial charge on any atom is -0.378 e. The van der Waals surface area contributed by atoms with Crippen LogP contribution in [0.3, 0.4) is 0 Å². The van der Waals surface area contributed by atoms with Crippen molar-refractivity contribution in [3.63, 3.8) is 0 Å². The summed E-state index contributed by atoms with van der Waals surface area (Å²) in [5.74, 6) is 0. The molecule has 6 heteroatoms. The zero-order valence-electron chi connectivity index (χ0n) is 9.14. The van der Waals surface area contributed by atoms with Gasteiger partial charge in [0.05, 0.1) is 24.6 Å². The molecule has 0 spiro atoms. The first-order chi connectivity index (χ1) is 8.27. The Balaban J connectivity index is 2.02. The molecule has 0 saturated carbocycles. The molecule has 1 unspecified atom stereocenters. The first-order valence-corrected chi connectivity index (χ1v) is 8.01. The van der Waals surface area contributed by atoms with Crippen LogP contribution >= 0.6 is 12.2 Å². The van der Waals surface area contributed by atoms with E-state index >= 15 is 0 Å². The molecule has 1 atom stereocenters. The summed E-state index contributed by atoms with van der Waals surface area (Å²) in [5, 5.41) is 3.27. The van der Waals surface area contributed by atoms with Gasteiger partial charge in [-0.05, 0) is 32.8 Å². The molecule has 1 aromatic rings. The molecule has 3 rings (SSSR count). The van der Waals surface area contributed by atoms with Gasteiger partial charge in [0.25, 0.3) is 0 Å². The van der Waals surface area contributed by atoms with E-state index in [1.165, 1.54) is 5.69 Å². The van der Waals surface area contributed by atoms with E-state index in [0.29, 0.717) is 0 Å². The molecule has 2 aliphatic heterocycles. The van der Waals surface area contributed by atoms with Gasteiger partial charge in [0, 0.05) is 18.0 Å². The predicted octanol–water partition coefficient (Wildman–Crippen LogP) is 1.67. The quantitative estimate of drug-likeness (QED) is 0.625. The number of ether oxygens (including phenoxy) is 1. The maximum absolute atomic E-state index is 5.42. The second-order valence-electron chi connectivity index (χ2n) is 3.93. The van der Waals surface area contributed by atoms with E-state index in [2.05, 4.69) is 28.4 Å². The molecule has 2 aliphatic rings. The van der Waals surface area contributed by atoms with Gasteiger partial charge in [0.15, 0.2) is 0 Å². The highest BCUT2D eigenvalue weighted by molar-refractivity contribution is 8.42. The van der Waals surface area contributed by atoms with Gasteiger partial charge in [-0.15, -0.1) is 0 Å². The van der Waals surface area contributed by atoms with Crippen molar-refractivity contribution in [1.82, 2.24) is 0 Å². The largest absolute Gasteiger partial charge is 0.378 e. The van der Waals surface area contributed by atoms with Crippen molar-refractivity contribution in [2.45, 2.75) is 4.90 Å². The molecule has 1 fully saturated rings. The van der Waals surface area contributed by atoms with E-state index in [4.69, 9.17) is 28.1 Å². The molecule has 1 saturated heterocycles. The summed E-state index contributed by atoms with van der Waals surface area (Å²) >= 11 is 10.7. The first-order valence-electron chi connectivity index (χ1n) is 5.46. The molecule has 0 bridgehead atoms. The lowest BCUT2D eigenvalue weighted by molar-refractivity contribution is 0.123. The topological polar surface area (TPSA) is 24.5 Å². The lowest BCUT2D eigenvalue weighted by Crippen LogP contribution is -2.36. The fraction of sp³-hybridized carbons (Fsp3) is 0.364. The maximum atomic E-state index is 5.42. The summed E-state index contributed by atoms with van der Waals surface area (Å²) < 4.78 is 6.15. The number of thiocarbonyl (C=S) groups is 1. The van der Waals surface area contributed by atoms with Crippen LogP contribution in [0.15, 0.2) is 23.1 Å². The minimum absolute atomic E-state index is 0.361. The number of fused-ring (bicyclic) bond motifs is 1. The number of nitrogens with one attached hydrogen (secondary N) is 1. The monoisotopic (exact) mass is 284 g/mol. The number of para-hydroxylation sites is 1. The van der Waals surface area contributed by atoms with Gasteiger partial charge >= 0.3 is 0 Å². The summed E-state index contributed by atoms with van der Waals surface area (Å²) in [6, 6.07) is 6.25. The van der Waals surface area contributed by atoms with Crippen molar-refractivity contribution in [1.29, 1.82) is 0 Å². The summed E-state index contributed by atoms with van der Waals surface area (Å²) in [6.07, 6.45) is 0. The number of hydrogen-bond acceptors (Lipinski definition) is 4. The number of rotatable bonds is 1. The summed E-state index contributed by atoms with van der Waals surface area (Å²) in [5.41, 5.74) is 2.31. The van der Waals surface area contributed by atoms with Crippen LogP contribution in [-0.2, 0) is 25.4 Å². The lowest BCUT2D eigenvalue weighted by atomic mass is 10.2. The Morgan fingerprint density at radius 3 is 2.82 bits per heavy atom. The fourth-order valence-corrected chi connectivity index (χ4v) is 3.97. The van der Waals surface area contributed by atoms with E-state index < -0.39 is 0 Å². The van der Waals surface area contributed by atoms with Crippen LogP contribution in [0.25, 0.3) is 0 Å². The zero-order valence-corrected chi connectivity index (χ0v) is 11.6. The van der Waals surface area contributed by atoms with Gasteiger partial charge < -0.3 is 15.0 Å². The van der Waals surface area contributed by atoms with Gasteiger partial charge in [0.2, 0.25) is 0 Å². The van der Waals surface area contributed by atoms with Crippen LogP contribution in [0.1, 0.15) is 0 Å². The van der Waals surface area contributed by atoms with Gasteiger partial charge in [-0.2, -0.15) is 0 Å². The molecule has 1 aromatic carbocycles. The molecule has 0 aromatic heterocycles. The molecule has 0 radical (unpaired) electrons. The Morgan fingerprint density at radius 2 is 2.06 bits per heavy atom. The van der Waals surface area contributed by atoms with E-state index in [1.807, 2.05) is 0 Å². The third kappa shape index (κ3) is 1.99. The highest BCUT2D eigenvalue weighted by Crippen LogP contribution is 2.37. The van der Waals surface area contributed by atoms with Crippen molar-refractivity contribution in [2.24, 2.45) is 0 Å². The number of benzene rings is 1. The number of nitrogens with zero attached hydrogens (tertiary/aromatic N) is 1. The Kier molecular flexibility index (Phi) is 3.12. The van der Waals surface area contributed by atoms with Gasteiger partial charge in [-0.3, -0.25) is 0 Å². The third-order valence-corrected chi connectivity index (χ3v) is 6.09. The highest BCUT2D eigenvalue weighted by Gasteiger charge is 2.25. The average Bonchev–Trinajstić information content (AvgIpc) is 2.67. The standard InChI is InChI=1S/C11H12N2OS3/c15-11-12-10-8(13-4-6-14-7-5-13)2-1-3-9(10)17(11)16/h1-3H,4-7H2,(H,12,15). The van der Waals surface area contributed by atoms with Crippen LogP contribution in [0, 0.1) is 0 Å². The van der Waals surface area contributed by atoms with Crippen molar-refractivity contribution in [3.05, 3.63) is 18.2 Å². The highest BCUT2D eigenvalue weighted by atomic mass is 32.8. The summed E-state index contributed by atoms with van der Waals surface area (Å²) in [4.78, 5) is 3.49. The molecule has 17 heavy (non-hydrogen) atoms. The minimum atomic E-state index is -0.361. The van der Waals surface area contributed by atoms with Crippen molar-refractivity contribution >= 4 is 48.6 Å². The van der Waals surface area contributed by atoms with E-state index in [0.717, 1.165) is 41.2 Å². The number of hydrogen-bond donors (Lipinski definition) is 1. The molecule has 2 heterocycles. The van der Waals surface area contributed by atoms with E-state index in [1.54, 1.807) is 0 Å². The van der Waals surface area contributed by atoms with Crippen molar-refractivity contribution in [3.8, 4) is 0 Å². The molecule has 90 valence electrons. The molecular formula is C11H12N2OS3. The van der Waals surface area contributed by atoms with Crippen LogP contribution in [0.4, 0.5) is 11.4 Å². The Bertz CT molecular complexity index is 497. The van der Waals surface area contributed by atoms with E-state index in [-0.39, 0.29) is 9.45 Å². The average molecular weight is 284 g/mol. The molecule has 1 N–H and O–H groups in total. The van der Waals surface area contributed by atoms with Gasteiger partial charge in [-0.25, -0.2) is 0 Å². The van der Waals surface area contributed by atoms with Crippen LogP contribution < -0.4 is 10.2 Å². The maximum Gasteiger partial charge on any atom is 0.147 e. The number of anilines is 2.